The second-order valence-corrected chi connectivity index (χ2v) is 6.19. The van der Waals surface area contributed by atoms with Crippen molar-refractivity contribution in [3.05, 3.63) is 58.7 Å². The molecule has 0 unspecified atom stereocenters. The van der Waals surface area contributed by atoms with Gasteiger partial charge in [-0.1, -0.05) is 24.3 Å². The number of carbonyl (C=O) groups is 2. The molecule has 2 aromatic carbocycles. The van der Waals surface area contributed by atoms with E-state index in [-0.39, 0.29) is 18.4 Å². The van der Waals surface area contributed by atoms with Crippen LogP contribution < -0.4 is 10.2 Å². The maximum Gasteiger partial charge on any atom is 0.244 e. The average Bonchev–Trinajstić information content (AvgIpc) is 2.49. The molecular formula is C20H24N2O2. The van der Waals surface area contributed by atoms with Gasteiger partial charge in [-0.15, -0.1) is 0 Å². The Balaban J connectivity index is 2.20. The number of para-hydroxylation sites is 1. The summed E-state index contributed by atoms with van der Waals surface area (Å²) < 4.78 is 0. The normalized spacial score (nSPS) is 10.4. The fourth-order valence-electron chi connectivity index (χ4n) is 2.74. The highest BCUT2D eigenvalue weighted by molar-refractivity contribution is 6.02. The Bertz CT molecular complexity index is 761. The molecular weight excluding hydrogens is 300 g/mol. The predicted molar refractivity (Wildman–Crippen MR) is 98.5 cm³/mol. The molecule has 0 saturated carbocycles. The van der Waals surface area contributed by atoms with Crippen molar-refractivity contribution in [2.75, 3.05) is 16.8 Å². The molecule has 0 heterocycles. The number of nitrogens with one attached hydrogen (secondary N) is 1. The van der Waals surface area contributed by atoms with Gasteiger partial charge in [0.1, 0.15) is 6.54 Å². The summed E-state index contributed by atoms with van der Waals surface area (Å²) in [5.74, 6) is -0.362. The summed E-state index contributed by atoms with van der Waals surface area (Å²) in [6.45, 7) is 9.39. The van der Waals surface area contributed by atoms with Crippen molar-refractivity contribution in [2.45, 2.75) is 34.6 Å². The van der Waals surface area contributed by atoms with Crippen LogP contribution in [0.2, 0.25) is 0 Å². The number of nitrogens with zero attached hydrogens (tertiary/aromatic N) is 1. The molecule has 2 rings (SSSR count). The van der Waals surface area contributed by atoms with Crippen LogP contribution in [0.3, 0.4) is 0 Å². The number of amides is 2. The molecule has 0 spiro atoms. The van der Waals surface area contributed by atoms with Gasteiger partial charge in [-0.05, 0) is 62.1 Å². The van der Waals surface area contributed by atoms with Crippen LogP contribution in [-0.4, -0.2) is 18.4 Å². The minimum Gasteiger partial charge on any atom is -0.325 e. The second kappa shape index (κ2) is 7.30. The van der Waals surface area contributed by atoms with Crippen molar-refractivity contribution < 1.29 is 9.59 Å². The summed E-state index contributed by atoms with van der Waals surface area (Å²) in [5.41, 5.74) is 5.79. The van der Waals surface area contributed by atoms with E-state index >= 15 is 0 Å². The van der Waals surface area contributed by atoms with Gasteiger partial charge in [0.05, 0.1) is 5.69 Å². The van der Waals surface area contributed by atoms with Gasteiger partial charge in [-0.3, -0.25) is 9.59 Å². The van der Waals surface area contributed by atoms with E-state index in [1.165, 1.54) is 17.4 Å². The molecule has 126 valence electrons. The van der Waals surface area contributed by atoms with Crippen molar-refractivity contribution in [3.8, 4) is 0 Å². The monoisotopic (exact) mass is 324 g/mol. The van der Waals surface area contributed by atoms with Crippen molar-refractivity contribution in [3.63, 3.8) is 0 Å². The molecule has 4 heteroatoms. The lowest BCUT2D eigenvalue weighted by Gasteiger charge is -2.24. The first-order valence-corrected chi connectivity index (χ1v) is 8.01. The summed E-state index contributed by atoms with van der Waals surface area (Å²) in [5, 5.41) is 2.87. The molecule has 0 aliphatic rings. The van der Waals surface area contributed by atoms with Crippen LogP contribution in [-0.2, 0) is 9.59 Å². The van der Waals surface area contributed by atoms with Crippen molar-refractivity contribution in [2.24, 2.45) is 0 Å². The Kier molecular flexibility index (Phi) is 5.39. The summed E-state index contributed by atoms with van der Waals surface area (Å²) in [7, 11) is 0. The fraction of sp³-hybridized carbons (Fsp3) is 0.300. The molecule has 0 aliphatic heterocycles. The highest BCUT2D eigenvalue weighted by Gasteiger charge is 2.19. The van der Waals surface area contributed by atoms with E-state index in [0.717, 1.165) is 28.1 Å². The number of hydrogen-bond acceptors (Lipinski definition) is 2. The number of aryl methyl sites for hydroxylation is 4. The van der Waals surface area contributed by atoms with Gasteiger partial charge in [0.15, 0.2) is 0 Å². The first-order valence-electron chi connectivity index (χ1n) is 8.01. The van der Waals surface area contributed by atoms with Crippen molar-refractivity contribution in [1.82, 2.24) is 0 Å². The lowest BCUT2D eigenvalue weighted by atomic mass is 10.1. The number of rotatable bonds is 4. The lowest BCUT2D eigenvalue weighted by molar-refractivity contribution is -0.120. The van der Waals surface area contributed by atoms with Crippen LogP contribution >= 0.6 is 0 Å². The molecule has 2 aromatic rings. The summed E-state index contributed by atoms with van der Waals surface area (Å²) in [6.07, 6.45) is 0. The van der Waals surface area contributed by atoms with E-state index < -0.39 is 0 Å². The molecule has 0 aromatic heterocycles. The summed E-state index contributed by atoms with van der Waals surface area (Å²) in [6, 6.07) is 11.6. The predicted octanol–water partition coefficient (Wildman–Crippen LogP) is 3.91. The molecule has 2 amide bonds. The Morgan fingerprint density at radius 3 is 2.08 bits per heavy atom. The molecule has 0 fully saturated rings. The van der Waals surface area contributed by atoms with Crippen LogP contribution in [0.5, 0.6) is 0 Å². The number of hydrogen-bond donors (Lipinski definition) is 1. The SMILES string of the molecule is CC(=O)N(CC(=O)Nc1ccc(C)c(C)c1)c1c(C)cccc1C. The van der Waals surface area contributed by atoms with Crippen LogP contribution in [0.4, 0.5) is 11.4 Å². The zero-order valence-electron chi connectivity index (χ0n) is 14.9. The van der Waals surface area contributed by atoms with E-state index in [9.17, 15) is 9.59 Å². The summed E-state index contributed by atoms with van der Waals surface area (Å²) >= 11 is 0. The maximum absolute atomic E-state index is 12.4. The lowest BCUT2D eigenvalue weighted by Crippen LogP contribution is -2.37. The third-order valence-corrected chi connectivity index (χ3v) is 4.18. The Morgan fingerprint density at radius 2 is 1.54 bits per heavy atom. The van der Waals surface area contributed by atoms with Gasteiger partial charge < -0.3 is 10.2 Å². The first kappa shape index (κ1) is 17.7. The van der Waals surface area contributed by atoms with E-state index in [4.69, 9.17) is 0 Å². The molecule has 24 heavy (non-hydrogen) atoms. The third-order valence-electron chi connectivity index (χ3n) is 4.18. The summed E-state index contributed by atoms with van der Waals surface area (Å²) in [4.78, 5) is 26.0. The van der Waals surface area contributed by atoms with E-state index in [1.807, 2.05) is 64.1 Å². The fourth-order valence-corrected chi connectivity index (χ4v) is 2.74. The minimum absolute atomic E-state index is 0.00600. The average molecular weight is 324 g/mol. The molecule has 4 nitrogen and oxygen atoms in total. The third kappa shape index (κ3) is 4.02. The quantitative estimate of drug-likeness (QED) is 0.927. The Labute approximate surface area is 143 Å². The van der Waals surface area contributed by atoms with Gasteiger partial charge in [-0.25, -0.2) is 0 Å². The molecule has 0 saturated heterocycles. The highest BCUT2D eigenvalue weighted by Crippen LogP contribution is 2.24. The molecule has 0 aliphatic carbocycles. The zero-order valence-corrected chi connectivity index (χ0v) is 14.9. The molecule has 1 N–H and O–H groups in total. The van der Waals surface area contributed by atoms with E-state index in [1.54, 1.807) is 0 Å². The first-order chi connectivity index (χ1) is 11.3. The minimum atomic E-state index is -0.212. The highest BCUT2D eigenvalue weighted by atomic mass is 16.2. The Morgan fingerprint density at radius 1 is 0.917 bits per heavy atom. The second-order valence-electron chi connectivity index (χ2n) is 6.19. The van der Waals surface area contributed by atoms with Gasteiger partial charge in [0.2, 0.25) is 11.8 Å². The largest absolute Gasteiger partial charge is 0.325 e. The van der Waals surface area contributed by atoms with Crippen molar-refractivity contribution in [1.29, 1.82) is 0 Å². The van der Waals surface area contributed by atoms with Gasteiger partial charge in [0.25, 0.3) is 0 Å². The van der Waals surface area contributed by atoms with E-state index in [0.29, 0.717) is 0 Å². The van der Waals surface area contributed by atoms with Gasteiger partial charge in [-0.2, -0.15) is 0 Å². The van der Waals surface area contributed by atoms with Crippen LogP contribution in [0.25, 0.3) is 0 Å². The van der Waals surface area contributed by atoms with Gasteiger partial charge >= 0.3 is 0 Å². The zero-order chi connectivity index (χ0) is 17.9. The van der Waals surface area contributed by atoms with Crippen LogP contribution in [0.1, 0.15) is 29.2 Å². The molecule has 0 radical (unpaired) electrons. The number of carbonyl (C=O) groups excluding carboxylic acids is 2. The van der Waals surface area contributed by atoms with Crippen LogP contribution in [0.15, 0.2) is 36.4 Å². The maximum atomic E-state index is 12.4. The van der Waals surface area contributed by atoms with Gasteiger partial charge in [0, 0.05) is 12.6 Å². The van der Waals surface area contributed by atoms with Crippen LogP contribution in [0, 0.1) is 27.7 Å². The molecule has 0 bridgehead atoms. The topological polar surface area (TPSA) is 49.4 Å². The number of anilines is 2. The molecule has 0 atom stereocenters. The number of benzene rings is 2. The van der Waals surface area contributed by atoms with E-state index in [2.05, 4.69) is 5.32 Å². The van der Waals surface area contributed by atoms with Crippen molar-refractivity contribution >= 4 is 23.2 Å². The smallest absolute Gasteiger partial charge is 0.244 e. The standard InChI is InChI=1S/C20H24N2O2/c1-13-9-10-18(11-16(13)4)21-19(24)12-22(17(5)23)20-14(2)7-6-8-15(20)3/h6-11H,12H2,1-5H3,(H,21,24). The Hall–Kier alpha value is -2.62.